The molecule has 1 saturated carbocycles. The van der Waals surface area contributed by atoms with Crippen molar-refractivity contribution in [1.29, 1.82) is 0 Å². The van der Waals surface area contributed by atoms with E-state index in [2.05, 4.69) is 6.92 Å². The number of carbonyl (C=O) groups is 1. The van der Waals surface area contributed by atoms with Crippen molar-refractivity contribution in [3.63, 3.8) is 0 Å². The third kappa shape index (κ3) is 1.46. The Bertz CT molecular complexity index is 212. The first-order valence-electron chi connectivity index (χ1n) is 5.04. The van der Waals surface area contributed by atoms with Crippen molar-refractivity contribution < 1.29 is 14.6 Å². The summed E-state index contributed by atoms with van der Waals surface area (Å²) in [4.78, 5) is 11.0. The molecule has 1 saturated heterocycles. The molecule has 0 aromatic carbocycles. The van der Waals surface area contributed by atoms with Crippen molar-refractivity contribution in [2.24, 2.45) is 17.8 Å². The summed E-state index contributed by atoms with van der Waals surface area (Å²) >= 11 is 0. The van der Waals surface area contributed by atoms with Gasteiger partial charge in [-0.1, -0.05) is 6.92 Å². The smallest absolute Gasteiger partial charge is 0.306 e. The molecule has 1 N–H and O–H groups in total. The summed E-state index contributed by atoms with van der Waals surface area (Å²) in [6.07, 6.45) is 3.12. The van der Waals surface area contributed by atoms with Crippen LogP contribution in [0.3, 0.4) is 0 Å². The zero-order chi connectivity index (χ0) is 9.42. The molecule has 0 aromatic rings. The first-order chi connectivity index (χ1) is 6.20. The highest BCUT2D eigenvalue weighted by Gasteiger charge is 2.44. The summed E-state index contributed by atoms with van der Waals surface area (Å²) in [6.45, 7) is 2.85. The van der Waals surface area contributed by atoms with Crippen LogP contribution in [-0.2, 0) is 9.53 Å². The van der Waals surface area contributed by atoms with Crippen LogP contribution in [0.1, 0.15) is 26.2 Å². The number of ether oxygens (including phenoxy) is 1. The van der Waals surface area contributed by atoms with E-state index in [1.54, 1.807) is 0 Å². The van der Waals surface area contributed by atoms with Crippen molar-refractivity contribution in [3.8, 4) is 0 Å². The zero-order valence-corrected chi connectivity index (χ0v) is 7.90. The van der Waals surface area contributed by atoms with E-state index in [1.807, 2.05) is 0 Å². The average molecular weight is 184 g/mol. The van der Waals surface area contributed by atoms with Gasteiger partial charge < -0.3 is 9.84 Å². The van der Waals surface area contributed by atoms with E-state index in [1.165, 1.54) is 0 Å². The van der Waals surface area contributed by atoms with E-state index >= 15 is 0 Å². The monoisotopic (exact) mass is 184 g/mol. The quantitative estimate of drug-likeness (QED) is 0.672. The van der Waals surface area contributed by atoms with E-state index in [9.17, 15) is 4.79 Å². The van der Waals surface area contributed by atoms with E-state index < -0.39 is 5.97 Å². The van der Waals surface area contributed by atoms with Crippen molar-refractivity contribution >= 4 is 5.97 Å². The lowest BCUT2D eigenvalue weighted by Gasteiger charge is -2.31. The van der Waals surface area contributed by atoms with Crippen molar-refractivity contribution in [2.75, 3.05) is 6.61 Å². The van der Waals surface area contributed by atoms with Crippen molar-refractivity contribution in [3.05, 3.63) is 0 Å². The lowest BCUT2D eigenvalue weighted by atomic mass is 9.73. The van der Waals surface area contributed by atoms with Crippen LogP contribution in [0.25, 0.3) is 0 Å². The fourth-order valence-corrected chi connectivity index (χ4v) is 2.82. The van der Waals surface area contributed by atoms with Crippen LogP contribution in [0.5, 0.6) is 0 Å². The van der Waals surface area contributed by atoms with Gasteiger partial charge in [0.05, 0.1) is 12.0 Å². The number of fused-ring (bicyclic) bond motifs is 1. The Morgan fingerprint density at radius 2 is 2.23 bits per heavy atom. The third-order valence-corrected chi connectivity index (χ3v) is 3.45. The Labute approximate surface area is 78.1 Å². The van der Waals surface area contributed by atoms with Gasteiger partial charge in [0.2, 0.25) is 0 Å². The number of carboxylic acids is 1. The van der Waals surface area contributed by atoms with Crippen LogP contribution in [0.15, 0.2) is 0 Å². The molecule has 1 heterocycles. The van der Waals surface area contributed by atoms with Gasteiger partial charge in [-0.05, 0) is 25.2 Å². The molecule has 2 rings (SSSR count). The van der Waals surface area contributed by atoms with Gasteiger partial charge in [-0.15, -0.1) is 0 Å². The van der Waals surface area contributed by atoms with Gasteiger partial charge in [-0.3, -0.25) is 4.79 Å². The summed E-state index contributed by atoms with van der Waals surface area (Å²) in [5.41, 5.74) is 0. The summed E-state index contributed by atoms with van der Waals surface area (Å²) in [7, 11) is 0. The van der Waals surface area contributed by atoms with Gasteiger partial charge in [-0.25, -0.2) is 0 Å². The summed E-state index contributed by atoms with van der Waals surface area (Å²) < 4.78 is 5.59. The lowest BCUT2D eigenvalue weighted by Crippen LogP contribution is -2.36. The molecule has 0 bridgehead atoms. The van der Waals surface area contributed by atoms with E-state index in [-0.39, 0.29) is 17.9 Å². The van der Waals surface area contributed by atoms with Crippen LogP contribution in [0.4, 0.5) is 0 Å². The largest absolute Gasteiger partial charge is 0.481 e. The Kier molecular flexibility index (Phi) is 2.28. The fourth-order valence-electron chi connectivity index (χ4n) is 2.82. The average Bonchev–Trinajstić information content (AvgIpc) is 2.48. The molecule has 13 heavy (non-hydrogen) atoms. The van der Waals surface area contributed by atoms with Gasteiger partial charge >= 0.3 is 5.97 Å². The molecule has 0 radical (unpaired) electrons. The highest BCUT2D eigenvalue weighted by molar-refractivity contribution is 5.70. The second-order valence-corrected chi connectivity index (χ2v) is 4.30. The first-order valence-corrected chi connectivity index (χ1v) is 5.04. The number of aliphatic carboxylic acids is 1. The van der Waals surface area contributed by atoms with Gasteiger partial charge in [0, 0.05) is 12.5 Å². The lowest BCUT2D eigenvalue weighted by molar-refractivity contribution is -0.146. The molecule has 1 aliphatic carbocycles. The SMILES string of the molecule is C[C@H]1CO[C@@H]2CCC[C@@H](C(=O)O)[C@@H]12. The third-order valence-electron chi connectivity index (χ3n) is 3.45. The Balaban J connectivity index is 2.14. The maximum absolute atomic E-state index is 11.0. The molecule has 3 nitrogen and oxygen atoms in total. The van der Waals surface area contributed by atoms with Crippen LogP contribution in [0.2, 0.25) is 0 Å². The number of carboxylic acid groups (broad SMARTS) is 1. The normalized spacial score (nSPS) is 44.4. The summed E-state index contributed by atoms with van der Waals surface area (Å²) in [5.74, 6) is -0.0963. The summed E-state index contributed by atoms with van der Waals surface area (Å²) in [6, 6.07) is 0. The molecule has 0 amide bonds. The van der Waals surface area contributed by atoms with Crippen molar-refractivity contribution in [2.45, 2.75) is 32.3 Å². The molecule has 2 aliphatic rings. The molecule has 1 aliphatic heterocycles. The molecule has 2 fully saturated rings. The molecular formula is C10H16O3. The predicted molar refractivity (Wildman–Crippen MR) is 47.4 cm³/mol. The van der Waals surface area contributed by atoms with Crippen molar-refractivity contribution in [1.82, 2.24) is 0 Å². The van der Waals surface area contributed by atoms with Crippen LogP contribution in [-0.4, -0.2) is 23.8 Å². The zero-order valence-electron chi connectivity index (χ0n) is 7.90. The number of rotatable bonds is 1. The fraction of sp³-hybridized carbons (Fsp3) is 0.900. The molecule has 74 valence electrons. The van der Waals surface area contributed by atoms with Crippen LogP contribution in [0, 0.1) is 17.8 Å². The molecule has 0 spiro atoms. The van der Waals surface area contributed by atoms with Crippen LogP contribution >= 0.6 is 0 Å². The van der Waals surface area contributed by atoms with Gasteiger partial charge in [-0.2, -0.15) is 0 Å². The minimum atomic E-state index is -0.632. The highest BCUT2D eigenvalue weighted by Crippen LogP contribution is 2.41. The maximum Gasteiger partial charge on any atom is 0.306 e. The van der Waals surface area contributed by atoms with Crippen LogP contribution < -0.4 is 0 Å². The molecule has 0 unspecified atom stereocenters. The van der Waals surface area contributed by atoms with E-state index in [4.69, 9.17) is 9.84 Å². The van der Waals surface area contributed by atoms with Gasteiger partial charge in [0.1, 0.15) is 0 Å². The minimum absolute atomic E-state index is 0.156. The standard InChI is InChI=1S/C10H16O3/c1-6-5-13-8-4-2-3-7(9(6)8)10(11)12/h6-9H,2-5H2,1H3,(H,11,12)/t6-,7+,8+,9+/m0/s1. The molecular weight excluding hydrogens is 168 g/mol. The Hall–Kier alpha value is -0.570. The molecule has 0 aromatic heterocycles. The van der Waals surface area contributed by atoms with E-state index in [0.717, 1.165) is 25.9 Å². The second kappa shape index (κ2) is 3.29. The Morgan fingerprint density at radius 3 is 2.92 bits per heavy atom. The number of hydrogen-bond donors (Lipinski definition) is 1. The molecule has 3 heteroatoms. The highest BCUT2D eigenvalue weighted by atomic mass is 16.5. The topological polar surface area (TPSA) is 46.5 Å². The van der Waals surface area contributed by atoms with E-state index in [0.29, 0.717) is 5.92 Å². The van der Waals surface area contributed by atoms with Gasteiger partial charge in [0.25, 0.3) is 0 Å². The van der Waals surface area contributed by atoms with Gasteiger partial charge in [0.15, 0.2) is 0 Å². The minimum Gasteiger partial charge on any atom is -0.481 e. The second-order valence-electron chi connectivity index (χ2n) is 4.30. The maximum atomic E-state index is 11.0. The number of hydrogen-bond acceptors (Lipinski definition) is 2. The first kappa shape index (κ1) is 9.00. The Morgan fingerprint density at radius 1 is 1.46 bits per heavy atom. The molecule has 4 atom stereocenters. The predicted octanol–water partition coefficient (Wildman–Crippen LogP) is 1.52. The summed E-state index contributed by atoms with van der Waals surface area (Å²) in [5, 5.41) is 9.05.